The minimum absolute atomic E-state index is 0.697. The summed E-state index contributed by atoms with van der Waals surface area (Å²) in [4.78, 5) is 2.44. The SMILES string of the molecule is Cc1c(N)nsc1N1CCC(C(C)C)C1. The van der Waals surface area contributed by atoms with Crippen molar-refractivity contribution in [1.82, 2.24) is 4.37 Å². The average molecular weight is 225 g/mol. The van der Waals surface area contributed by atoms with Crippen molar-refractivity contribution < 1.29 is 0 Å². The maximum Gasteiger partial charge on any atom is 0.142 e. The van der Waals surface area contributed by atoms with Crippen LogP contribution >= 0.6 is 11.5 Å². The third-order valence-corrected chi connectivity index (χ3v) is 4.42. The number of hydrogen-bond donors (Lipinski definition) is 1. The molecular weight excluding hydrogens is 206 g/mol. The second kappa shape index (κ2) is 4.00. The van der Waals surface area contributed by atoms with Crippen LogP contribution in [0, 0.1) is 18.8 Å². The van der Waals surface area contributed by atoms with Crippen molar-refractivity contribution in [2.75, 3.05) is 23.7 Å². The number of aromatic nitrogens is 1. The minimum Gasteiger partial charge on any atom is -0.383 e. The summed E-state index contributed by atoms with van der Waals surface area (Å²) in [6.45, 7) is 9.01. The van der Waals surface area contributed by atoms with Crippen molar-refractivity contribution in [2.45, 2.75) is 27.2 Å². The van der Waals surface area contributed by atoms with Gasteiger partial charge in [-0.1, -0.05) is 13.8 Å². The topological polar surface area (TPSA) is 42.1 Å². The van der Waals surface area contributed by atoms with Gasteiger partial charge in [0, 0.05) is 18.7 Å². The number of hydrogen-bond acceptors (Lipinski definition) is 4. The van der Waals surface area contributed by atoms with Gasteiger partial charge in [-0.25, -0.2) is 0 Å². The van der Waals surface area contributed by atoms with Crippen LogP contribution in [0.2, 0.25) is 0 Å². The van der Waals surface area contributed by atoms with E-state index in [1.807, 2.05) is 0 Å². The molecule has 0 radical (unpaired) electrons. The molecule has 0 aromatic carbocycles. The van der Waals surface area contributed by atoms with Crippen molar-refractivity contribution in [3.8, 4) is 0 Å². The molecule has 1 aromatic rings. The molecule has 1 fully saturated rings. The van der Waals surface area contributed by atoms with Crippen molar-refractivity contribution in [3.05, 3.63) is 5.56 Å². The lowest BCUT2D eigenvalue weighted by atomic mass is 9.95. The van der Waals surface area contributed by atoms with Gasteiger partial charge in [-0.3, -0.25) is 0 Å². The third-order valence-electron chi connectivity index (χ3n) is 3.39. The first-order valence-corrected chi connectivity index (χ1v) is 6.33. The molecular formula is C11H19N3S. The zero-order chi connectivity index (χ0) is 11.0. The van der Waals surface area contributed by atoms with E-state index >= 15 is 0 Å². The Morgan fingerprint density at radius 3 is 2.73 bits per heavy atom. The predicted molar refractivity (Wildman–Crippen MR) is 66.4 cm³/mol. The van der Waals surface area contributed by atoms with Gasteiger partial charge in [0.1, 0.15) is 10.8 Å². The van der Waals surface area contributed by atoms with E-state index in [2.05, 4.69) is 30.0 Å². The molecule has 1 saturated heterocycles. The largest absolute Gasteiger partial charge is 0.383 e. The van der Waals surface area contributed by atoms with E-state index in [4.69, 9.17) is 5.73 Å². The van der Waals surface area contributed by atoms with Gasteiger partial charge in [-0.2, -0.15) is 4.37 Å². The zero-order valence-electron chi connectivity index (χ0n) is 9.66. The molecule has 1 aromatic heterocycles. The Hall–Kier alpha value is -0.770. The van der Waals surface area contributed by atoms with Gasteiger partial charge in [0.25, 0.3) is 0 Å². The zero-order valence-corrected chi connectivity index (χ0v) is 10.5. The molecule has 0 saturated carbocycles. The molecule has 4 heteroatoms. The number of nitrogens with zero attached hydrogens (tertiary/aromatic N) is 2. The van der Waals surface area contributed by atoms with Crippen LogP contribution in [0.25, 0.3) is 0 Å². The molecule has 2 heterocycles. The fourth-order valence-corrected chi connectivity index (χ4v) is 2.99. The van der Waals surface area contributed by atoms with Gasteiger partial charge >= 0.3 is 0 Å². The summed E-state index contributed by atoms with van der Waals surface area (Å²) in [7, 11) is 0. The Balaban J connectivity index is 2.11. The summed E-state index contributed by atoms with van der Waals surface area (Å²) in [5.74, 6) is 2.30. The van der Waals surface area contributed by atoms with Crippen LogP contribution in [0.15, 0.2) is 0 Å². The van der Waals surface area contributed by atoms with Crippen LogP contribution in [0.3, 0.4) is 0 Å². The highest BCUT2D eigenvalue weighted by molar-refractivity contribution is 7.10. The van der Waals surface area contributed by atoms with Crippen molar-refractivity contribution in [2.24, 2.45) is 11.8 Å². The van der Waals surface area contributed by atoms with Crippen LogP contribution in [0.5, 0.6) is 0 Å². The number of anilines is 2. The molecule has 1 aliphatic rings. The van der Waals surface area contributed by atoms with Gasteiger partial charge in [0.05, 0.1) is 0 Å². The maximum atomic E-state index is 5.78. The summed E-state index contributed by atoms with van der Waals surface area (Å²) >= 11 is 1.54. The number of nitrogens with two attached hydrogens (primary N) is 1. The van der Waals surface area contributed by atoms with Gasteiger partial charge in [0.15, 0.2) is 0 Å². The lowest BCUT2D eigenvalue weighted by molar-refractivity contribution is 0.423. The van der Waals surface area contributed by atoms with Crippen LogP contribution < -0.4 is 10.6 Å². The second-order valence-electron chi connectivity index (χ2n) is 4.74. The summed E-state index contributed by atoms with van der Waals surface area (Å²) in [6.07, 6.45) is 1.30. The fraction of sp³-hybridized carbons (Fsp3) is 0.727. The summed E-state index contributed by atoms with van der Waals surface area (Å²) in [5, 5.41) is 1.27. The van der Waals surface area contributed by atoms with Gasteiger partial charge in [0.2, 0.25) is 0 Å². The van der Waals surface area contributed by atoms with E-state index in [1.165, 1.54) is 29.5 Å². The highest BCUT2D eigenvalue weighted by Gasteiger charge is 2.27. The second-order valence-corrected chi connectivity index (χ2v) is 5.49. The van der Waals surface area contributed by atoms with E-state index in [0.29, 0.717) is 5.82 Å². The van der Waals surface area contributed by atoms with E-state index in [0.717, 1.165) is 23.9 Å². The van der Waals surface area contributed by atoms with Crippen LogP contribution in [-0.2, 0) is 0 Å². The first-order chi connectivity index (χ1) is 7.09. The maximum absolute atomic E-state index is 5.78. The predicted octanol–water partition coefficient (Wildman–Crippen LogP) is 2.52. The lowest BCUT2D eigenvalue weighted by Gasteiger charge is -2.18. The van der Waals surface area contributed by atoms with Gasteiger partial charge < -0.3 is 10.6 Å². The van der Waals surface area contributed by atoms with Crippen molar-refractivity contribution in [3.63, 3.8) is 0 Å². The molecule has 1 atom stereocenters. The first-order valence-electron chi connectivity index (χ1n) is 5.56. The molecule has 1 aliphatic heterocycles. The molecule has 3 nitrogen and oxygen atoms in total. The molecule has 15 heavy (non-hydrogen) atoms. The average Bonchev–Trinajstić information content (AvgIpc) is 2.76. The number of rotatable bonds is 2. The summed E-state index contributed by atoms with van der Waals surface area (Å²) < 4.78 is 4.21. The van der Waals surface area contributed by atoms with Crippen molar-refractivity contribution >= 4 is 22.4 Å². The normalized spacial score (nSPS) is 21.6. The first kappa shape index (κ1) is 10.7. The van der Waals surface area contributed by atoms with E-state index in [-0.39, 0.29) is 0 Å². The molecule has 0 spiro atoms. The molecule has 1 unspecified atom stereocenters. The number of nitrogen functional groups attached to an aromatic ring is 1. The van der Waals surface area contributed by atoms with Gasteiger partial charge in [-0.05, 0) is 36.7 Å². The molecule has 2 rings (SSSR count). The molecule has 0 amide bonds. The highest BCUT2D eigenvalue weighted by atomic mass is 32.1. The Bertz CT molecular complexity index is 346. The molecule has 84 valence electrons. The summed E-state index contributed by atoms with van der Waals surface area (Å²) in [5.41, 5.74) is 6.93. The van der Waals surface area contributed by atoms with Crippen LogP contribution in [0.1, 0.15) is 25.8 Å². The van der Waals surface area contributed by atoms with E-state index in [9.17, 15) is 0 Å². The third kappa shape index (κ3) is 1.95. The minimum atomic E-state index is 0.697. The Labute approximate surface area is 95.4 Å². The molecule has 2 N–H and O–H groups in total. The fourth-order valence-electron chi connectivity index (χ4n) is 2.15. The Morgan fingerprint density at radius 1 is 1.53 bits per heavy atom. The van der Waals surface area contributed by atoms with E-state index in [1.54, 1.807) is 0 Å². The van der Waals surface area contributed by atoms with Crippen molar-refractivity contribution in [1.29, 1.82) is 0 Å². The monoisotopic (exact) mass is 225 g/mol. The Kier molecular flexibility index (Phi) is 2.87. The standard InChI is InChI=1S/C11H19N3S/c1-7(2)9-4-5-14(6-9)11-8(3)10(12)13-15-11/h7,9H,4-6H2,1-3H3,(H2,12,13). The smallest absolute Gasteiger partial charge is 0.142 e. The lowest BCUT2D eigenvalue weighted by Crippen LogP contribution is -2.20. The highest BCUT2D eigenvalue weighted by Crippen LogP contribution is 2.34. The quantitative estimate of drug-likeness (QED) is 0.841. The van der Waals surface area contributed by atoms with Gasteiger partial charge in [-0.15, -0.1) is 0 Å². The van der Waals surface area contributed by atoms with Crippen LogP contribution in [-0.4, -0.2) is 17.5 Å². The summed E-state index contributed by atoms with van der Waals surface area (Å²) in [6, 6.07) is 0. The molecule has 0 bridgehead atoms. The van der Waals surface area contributed by atoms with E-state index < -0.39 is 0 Å². The van der Waals surface area contributed by atoms with Crippen LogP contribution in [0.4, 0.5) is 10.8 Å². The Morgan fingerprint density at radius 2 is 2.27 bits per heavy atom. The molecule has 0 aliphatic carbocycles.